The van der Waals surface area contributed by atoms with Gasteiger partial charge in [-0.2, -0.15) is 0 Å². The number of hydrogen-bond donors (Lipinski definition) is 1. The van der Waals surface area contributed by atoms with Crippen LogP contribution in [0.1, 0.15) is 23.6 Å². The van der Waals surface area contributed by atoms with Gasteiger partial charge in [0.15, 0.2) is 23.1 Å². The van der Waals surface area contributed by atoms with E-state index >= 15 is 0 Å². The molecule has 5 rings (SSSR count). The summed E-state index contributed by atoms with van der Waals surface area (Å²) in [7, 11) is 0. The van der Waals surface area contributed by atoms with Gasteiger partial charge in [-0.1, -0.05) is 35.6 Å². The van der Waals surface area contributed by atoms with E-state index in [2.05, 4.69) is 10.3 Å². The highest BCUT2D eigenvalue weighted by Gasteiger charge is 2.12. The predicted molar refractivity (Wildman–Crippen MR) is 143 cm³/mol. The number of rotatable bonds is 7. The lowest BCUT2D eigenvalue weighted by atomic mass is 10.1. The van der Waals surface area contributed by atoms with Gasteiger partial charge in [0, 0.05) is 5.69 Å². The quantitative estimate of drug-likeness (QED) is 0.357. The van der Waals surface area contributed by atoms with Crippen LogP contribution < -0.4 is 24.9 Å². The van der Waals surface area contributed by atoms with E-state index in [1.165, 1.54) is 11.3 Å². The molecule has 0 bridgehead atoms. The average molecular weight is 500 g/mol. The maximum atomic E-state index is 13.1. The van der Waals surface area contributed by atoms with Gasteiger partial charge >= 0.3 is 0 Å². The Balaban J connectivity index is 1.37. The van der Waals surface area contributed by atoms with Gasteiger partial charge in [0.25, 0.3) is 11.5 Å². The Hall–Kier alpha value is -4.17. The number of hydrogen-bond acceptors (Lipinski definition) is 6. The SMILES string of the molecule is CCOc1cc(C=c2sc3nc4ccccc4n3c2=O)ccc1OCC(=O)Nc1ccc(C)c(C)c1. The lowest BCUT2D eigenvalue weighted by molar-refractivity contribution is -0.118. The maximum absolute atomic E-state index is 13.1. The van der Waals surface area contributed by atoms with Gasteiger partial charge < -0.3 is 14.8 Å². The van der Waals surface area contributed by atoms with Crippen molar-refractivity contribution in [2.45, 2.75) is 20.8 Å². The summed E-state index contributed by atoms with van der Waals surface area (Å²) < 4.78 is 13.7. The molecule has 7 nitrogen and oxygen atoms in total. The number of carbonyl (C=O) groups excluding carboxylic acids is 1. The number of benzene rings is 3. The largest absolute Gasteiger partial charge is 0.490 e. The molecule has 0 aliphatic rings. The van der Waals surface area contributed by atoms with Crippen molar-refractivity contribution in [3.63, 3.8) is 0 Å². The van der Waals surface area contributed by atoms with E-state index in [0.29, 0.717) is 27.6 Å². The Kier molecular flexibility index (Phi) is 6.43. The highest BCUT2D eigenvalue weighted by Crippen LogP contribution is 2.29. The Morgan fingerprint density at radius 2 is 1.86 bits per heavy atom. The summed E-state index contributed by atoms with van der Waals surface area (Å²) in [4.78, 5) is 30.7. The van der Waals surface area contributed by atoms with Crippen LogP contribution in [0.2, 0.25) is 0 Å². The number of carbonyl (C=O) groups is 1. The van der Waals surface area contributed by atoms with Gasteiger partial charge in [-0.25, -0.2) is 9.38 Å². The van der Waals surface area contributed by atoms with Crippen molar-refractivity contribution in [2.24, 2.45) is 0 Å². The zero-order chi connectivity index (χ0) is 25.2. The third-order valence-corrected chi connectivity index (χ3v) is 6.83. The van der Waals surface area contributed by atoms with Crippen LogP contribution in [-0.4, -0.2) is 28.5 Å². The zero-order valence-electron chi connectivity index (χ0n) is 20.2. The Labute approximate surface area is 211 Å². The Morgan fingerprint density at radius 1 is 1.03 bits per heavy atom. The lowest BCUT2D eigenvalue weighted by Gasteiger charge is -2.13. The normalized spacial score (nSPS) is 11.8. The number of aryl methyl sites for hydroxylation is 2. The summed E-state index contributed by atoms with van der Waals surface area (Å²) in [6.45, 7) is 6.18. The number of nitrogens with one attached hydrogen (secondary N) is 1. The molecule has 36 heavy (non-hydrogen) atoms. The Morgan fingerprint density at radius 3 is 2.67 bits per heavy atom. The van der Waals surface area contributed by atoms with E-state index in [1.807, 2.05) is 75.4 Å². The van der Waals surface area contributed by atoms with Crippen molar-refractivity contribution in [1.82, 2.24) is 9.38 Å². The van der Waals surface area contributed by atoms with E-state index in [1.54, 1.807) is 16.5 Å². The van der Waals surface area contributed by atoms with Gasteiger partial charge in [-0.15, -0.1) is 0 Å². The van der Waals surface area contributed by atoms with E-state index in [-0.39, 0.29) is 18.1 Å². The van der Waals surface area contributed by atoms with Crippen LogP contribution >= 0.6 is 11.3 Å². The van der Waals surface area contributed by atoms with Gasteiger partial charge in [-0.3, -0.25) is 9.59 Å². The molecule has 0 unspecified atom stereocenters. The topological polar surface area (TPSA) is 81.9 Å². The zero-order valence-corrected chi connectivity index (χ0v) is 21.0. The summed E-state index contributed by atoms with van der Waals surface area (Å²) in [5, 5.41) is 2.85. The standard InChI is InChI=1S/C28H25N3O4S/c1-4-34-24-14-19(15-25-27(33)31-22-8-6-5-7-21(22)30-28(31)36-25)10-12-23(24)35-16-26(32)29-20-11-9-17(2)18(3)13-20/h5-15H,4,16H2,1-3H3,(H,29,32). The van der Waals surface area contributed by atoms with E-state index in [9.17, 15) is 9.59 Å². The average Bonchev–Trinajstić information content (AvgIpc) is 3.37. The molecule has 0 aliphatic heterocycles. The van der Waals surface area contributed by atoms with Crippen LogP contribution in [0.3, 0.4) is 0 Å². The molecule has 1 N–H and O–H groups in total. The van der Waals surface area contributed by atoms with Gasteiger partial charge in [0.05, 0.1) is 22.2 Å². The van der Waals surface area contributed by atoms with Crippen LogP contribution in [0.15, 0.2) is 65.5 Å². The number of amides is 1. The van der Waals surface area contributed by atoms with Gasteiger partial charge in [0.2, 0.25) is 0 Å². The van der Waals surface area contributed by atoms with Crippen LogP contribution in [-0.2, 0) is 4.79 Å². The van der Waals surface area contributed by atoms with Crippen LogP contribution in [0.4, 0.5) is 5.69 Å². The summed E-state index contributed by atoms with van der Waals surface area (Å²) in [6, 6.07) is 18.7. The molecule has 3 aromatic carbocycles. The molecule has 182 valence electrons. The molecule has 0 aliphatic carbocycles. The van der Waals surface area contributed by atoms with Crippen molar-refractivity contribution in [1.29, 1.82) is 0 Å². The minimum atomic E-state index is -0.263. The lowest BCUT2D eigenvalue weighted by Crippen LogP contribution is -2.22. The number of aromatic nitrogens is 2. The van der Waals surface area contributed by atoms with Crippen molar-refractivity contribution in [3.8, 4) is 11.5 Å². The molecule has 8 heteroatoms. The minimum absolute atomic E-state index is 0.106. The fourth-order valence-electron chi connectivity index (χ4n) is 3.92. The molecular weight excluding hydrogens is 474 g/mol. The Bertz CT molecular complexity index is 1700. The number of imidazole rings is 1. The van der Waals surface area contributed by atoms with Crippen molar-refractivity contribution in [2.75, 3.05) is 18.5 Å². The molecule has 0 fully saturated rings. The van der Waals surface area contributed by atoms with E-state index in [0.717, 1.165) is 33.4 Å². The molecule has 5 aromatic rings. The third-order valence-electron chi connectivity index (χ3n) is 5.86. The smallest absolute Gasteiger partial charge is 0.274 e. The second kappa shape index (κ2) is 9.83. The fourth-order valence-corrected chi connectivity index (χ4v) is 4.91. The first-order valence-electron chi connectivity index (χ1n) is 11.6. The molecule has 0 saturated carbocycles. The monoisotopic (exact) mass is 499 g/mol. The number of fused-ring (bicyclic) bond motifs is 3. The minimum Gasteiger partial charge on any atom is -0.490 e. The van der Waals surface area contributed by atoms with Gasteiger partial charge in [0.1, 0.15) is 0 Å². The van der Waals surface area contributed by atoms with Crippen LogP contribution in [0.25, 0.3) is 22.1 Å². The highest BCUT2D eigenvalue weighted by molar-refractivity contribution is 7.15. The molecule has 0 atom stereocenters. The first-order valence-corrected chi connectivity index (χ1v) is 12.4. The van der Waals surface area contributed by atoms with E-state index < -0.39 is 0 Å². The fraction of sp³-hybridized carbons (Fsp3) is 0.179. The van der Waals surface area contributed by atoms with Crippen molar-refractivity contribution in [3.05, 3.63) is 92.2 Å². The van der Waals surface area contributed by atoms with Crippen LogP contribution in [0.5, 0.6) is 11.5 Å². The summed E-state index contributed by atoms with van der Waals surface area (Å²) in [5.41, 5.74) is 5.27. The number of para-hydroxylation sites is 2. The van der Waals surface area contributed by atoms with Crippen molar-refractivity contribution < 1.29 is 14.3 Å². The first kappa shape index (κ1) is 23.6. The van der Waals surface area contributed by atoms with E-state index in [4.69, 9.17) is 9.47 Å². The molecule has 2 heterocycles. The molecule has 0 saturated heterocycles. The highest BCUT2D eigenvalue weighted by atomic mass is 32.1. The molecule has 0 radical (unpaired) electrons. The summed E-state index contributed by atoms with van der Waals surface area (Å²) in [6.07, 6.45) is 1.81. The van der Waals surface area contributed by atoms with Crippen LogP contribution in [0, 0.1) is 13.8 Å². The molecule has 1 amide bonds. The summed E-state index contributed by atoms with van der Waals surface area (Å²) in [5.74, 6) is 0.699. The third kappa shape index (κ3) is 4.67. The second-order valence-electron chi connectivity index (χ2n) is 8.41. The molecular formula is C28H25N3O4S. The molecule has 2 aromatic heterocycles. The maximum Gasteiger partial charge on any atom is 0.274 e. The second-order valence-corrected chi connectivity index (χ2v) is 9.42. The first-order chi connectivity index (χ1) is 17.4. The number of nitrogens with zero attached hydrogens (tertiary/aromatic N) is 2. The number of ether oxygens (including phenoxy) is 2. The number of thiazole rings is 1. The van der Waals surface area contributed by atoms with Crippen molar-refractivity contribution >= 4 is 45.0 Å². The predicted octanol–water partition coefficient (Wildman–Crippen LogP) is 4.49. The number of anilines is 1. The van der Waals surface area contributed by atoms with Gasteiger partial charge in [-0.05, 0) is 79.9 Å². The molecule has 0 spiro atoms. The summed E-state index contributed by atoms with van der Waals surface area (Å²) >= 11 is 1.34.